The average molecular weight is 416 g/mol. The van der Waals surface area contributed by atoms with Gasteiger partial charge in [-0.05, 0) is 68.3 Å². The monoisotopic (exact) mass is 415 g/mol. The fourth-order valence-electron chi connectivity index (χ4n) is 3.14. The summed E-state index contributed by atoms with van der Waals surface area (Å²) in [7, 11) is 0. The zero-order valence-corrected chi connectivity index (χ0v) is 18.3. The maximum atomic E-state index is 12.3. The summed E-state index contributed by atoms with van der Waals surface area (Å²) in [5.74, 6) is 0.454. The number of aryl methyl sites for hydroxylation is 1. The average Bonchev–Trinajstić information content (AvgIpc) is 2.81. The summed E-state index contributed by atoms with van der Waals surface area (Å²) in [6.07, 6.45) is 1.64. The quantitative estimate of drug-likeness (QED) is 0.387. The summed E-state index contributed by atoms with van der Waals surface area (Å²) in [5, 5.41) is 4.07. The lowest BCUT2D eigenvalue weighted by atomic mass is 10.2. The molecule has 0 aliphatic rings. The van der Waals surface area contributed by atoms with E-state index in [1.807, 2.05) is 24.3 Å². The minimum Gasteiger partial charge on any atom is -0.489 e. The Morgan fingerprint density at radius 2 is 1.58 bits per heavy atom. The van der Waals surface area contributed by atoms with E-state index in [-0.39, 0.29) is 5.91 Å². The number of anilines is 1. The molecule has 0 aliphatic carbocycles. The van der Waals surface area contributed by atoms with Crippen LogP contribution < -0.4 is 15.1 Å². The van der Waals surface area contributed by atoms with Crippen molar-refractivity contribution in [1.82, 2.24) is 5.43 Å². The van der Waals surface area contributed by atoms with Gasteiger partial charge in [-0.15, -0.1) is 0 Å². The largest absolute Gasteiger partial charge is 0.489 e. The number of carbonyl (C=O) groups is 1. The van der Waals surface area contributed by atoms with E-state index in [0.29, 0.717) is 17.9 Å². The zero-order valence-electron chi connectivity index (χ0n) is 18.3. The Morgan fingerprint density at radius 1 is 0.935 bits per heavy atom. The Kier molecular flexibility index (Phi) is 7.82. The number of carbonyl (C=O) groups excluding carboxylic acids is 1. The Morgan fingerprint density at radius 3 is 2.19 bits per heavy atom. The first-order valence-electron chi connectivity index (χ1n) is 10.6. The molecule has 1 amide bonds. The van der Waals surface area contributed by atoms with Gasteiger partial charge in [-0.25, -0.2) is 5.43 Å². The van der Waals surface area contributed by atoms with Gasteiger partial charge >= 0.3 is 0 Å². The first kappa shape index (κ1) is 22.1. The number of amides is 1. The zero-order chi connectivity index (χ0) is 22.1. The molecule has 1 N–H and O–H groups in total. The highest BCUT2D eigenvalue weighted by molar-refractivity contribution is 5.95. The summed E-state index contributed by atoms with van der Waals surface area (Å²) in [5.41, 5.74) is 7.52. The van der Waals surface area contributed by atoms with E-state index < -0.39 is 0 Å². The van der Waals surface area contributed by atoms with Crippen LogP contribution in [0, 0.1) is 6.92 Å². The smallest absolute Gasteiger partial charge is 0.271 e. The Labute approximate surface area is 184 Å². The highest BCUT2D eigenvalue weighted by atomic mass is 16.5. The fraction of sp³-hybridized carbons (Fsp3) is 0.231. The molecule has 0 saturated heterocycles. The fourth-order valence-corrected chi connectivity index (χ4v) is 3.14. The molecular formula is C26H29N3O2. The molecule has 31 heavy (non-hydrogen) atoms. The molecule has 0 heterocycles. The number of nitrogens with one attached hydrogen (secondary N) is 1. The Balaban J connectivity index is 1.50. The minimum atomic E-state index is -0.263. The highest BCUT2D eigenvalue weighted by Crippen LogP contribution is 2.15. The van der Waals surface area contributed by atoms with E-state index in [1.54, 1.807) is 30.5 Å². The van der Waals surface area contributed by atoms with Gasteiger partial charge in [0.25, 0.3) is 5.91 Å². The number of rotatable bonds is 9. The summed E-state index contributed by atoms with van der Waals surface area (Å²) in [4.78, 5) is 14.6. The van der Waals surface area contributed by atoms with Crippen molar-refractivity contribution in [2.45, 2.75) is 27.4 Å². The molecule has 0 fully saturated rings. The van der Waals surface area contributed by atoms with Crippen molar-refractivity contribution < 1.29 is 9.53 Å². The van der Waals surface area contributed by atoms with Gasteiger partial charge in [0.2, 0.25) is 0 Å². The molecule has 3 aromatic rings. The number of nitrogens with zero attached hydrogens (tertiary/aromatic N) is 2. The normalized spacial score (nSPS) is 10.8. The van der Waals surface area contributed by atoms with Crippen LogP contribution in [0.2, 0.25) is 0 Å². The van der Waals surface area contributed by atoms with Gasteiger partial charge in [0.05, 0.1) is 6.21 Å². The lowest BCUT2D eigenvalue weighted by Crippen LogP contribution is -2.21. The Hall–Kier alpha value is -3.60. The van der Waals surface area contributed by atoms with Crippen LogP contribution >= 0.6 is 0 Å². The van der Waals surface area contributed by atoms with Crippen molar-refractivity contribution in [1.29, 1.82) is 0 Å². The molecule has 5 heteroatoms. The van der Waals surface area contributed by atoms with Crippen LogP contribution in [0.4, 0.5) is 5.69 Å². The lowest BCUT2D eigenvalue weighted by molar-refractivity contribution is 0.0955. The molecule has 5 nitrogen and oxygen atoms in total. The summed E-state index contributed by atoms with van der Waals surface area (Å²) >= 11 is 0. The second-order valence-corrected chi connectivity index (χ2v) is 7.26. The molecule has 0 saturated carbocycles. The van der Waals surface area contributed by atoms with Crippen LogP contribution in [-0.4, -0.2) is 25.2 Å². The van der Waals surface area contributed by atoms with E-state index in [4.69, 9.17) is 4.74 Å². The molecule has 0 unspecified atom stereocenters. The van der Waals surface area contributed by atoms with Gasteiger partial charge in [-0.3, -0.25) is 4.79 Å². The van der Waals surface area contributed by atoms with Crippen molar-refractivity contribution >= 4 is 17.8 Å². The van der Waals surface area contributed by atoms with Gasteiger partial charge in [-0.1, -0.05) is 42.0 Å². The third kappa shape index (κ3) is 6.44. The Bertz CT molecular complexity index is 990. The van der Waals surface area contributed by atoms with Gasteiger partial charge in [0, 0.05) is 24.3 Å². The van der Waals surface area contributed by atoms with Crippen molar-refractivity contribution in [3.8, 4) is 5.75 Å². The second-order valence-electron chi connectivity index (χ2n) is 7.26. The predicted octanol–water partition coefficient (Wildman–Crippen LogP) is 5.18. The molecule has 0 aliphatic heterocycles. The number of hydrogen-bond donors (Lipinski definition) is 1. The van der Waals surface area contributed by atoms with Crippen molar-refractivity contribution in [2.24, 2.45) is 5.10 Å². The maximum Gasteiger partial charge on any atom is 0.271 e. The van der Waals surface area contributed by atoms with Gasteiger partial charge in [0.15, 0.2) is 0 Å². The number of ether oxygens (including phenoxy) is 1. The van der Waals surface area contributed by atoms with Gasteiger partial charge in [0.1, 0.15) is 12.4 Å². The van der Waals surface area contributed by atoms with Crippen LogP contribution in [0.3, 0.4) is 0 Å². The van der Waals surface area contributed by atoms with Crippen LogP contribution in [0.15, 0.2) is 77.9 Å². The maximum absolute atomic E-state index is 12.3. The van der Waals surface area contributed by atoms with E-state index in [2.05, 4.69) is 60.5 Å². The number of hydrazone groups is 1. The minimum absolute atomic E-state index is 0.263. The topological polar surface area (TPSA) is 53.9 Å². The lowest BCUT2D eigenvalue weighted by Gasteiger charge is -2.20. The van der Waals surface area contributed by atoms with E-state index in [9.17, 15) is 4.79 Å². The molecule has 0 aromatic heterocycles. The molecule has 0 atom stereocenters. The van der Waals surface area contributed by atoms with Gasteiger partial charge in [-0.2, -0.15) is 5.10 Å². The van der Waals surface area contributed by atoms with Crippen molar-refractivity contribution in [3.05, 3.63) is 95.1 Å². The predicted molar refractivity (Wildman–Crippen MR) is 127 cm³/mol. The van der Waals surface area contributed by atoms with Gasteiger partial charge < -0.3 is 9.64 Å². The third-order valence-corrected chi connectivity index (χ3v) is 5.04. The molecule has 0 bridgehead atoms. The molecule has 0 spiro atoms. The highest BCUT2D eigenvalue weighted by Gasteiger charge is 2.05. The molecule has 160 valence electrons. The summed E-state index contributed by atoms with van der Waals surface area (Å²) in [6.45, 7) is 8.75. The third-order valence-electron chi connectivity index (χ3n) is 5.04. The second kappa shape index (κ2) is 11.0. The number of hydrogen-bond acceptors (Lipinski definition) is 4. The van der Waals surface area contributed by atoms with Crippen molar-refractivity contribution in [2.75, 3.05) is 18.0 Å². The first-order valence-corrected chi connectivity index (χ1v) is 10.6. The molecule has 3 rings (SSSR count). The van der Waals surface area contributed by atoms with Crippen molar-refractivity contribution in [3.63, 3.8) is 0 Å². The van der Waals surface area contributed by atoms with E-state index in [1.165, 1.54) is 11.3 Å². The molecular weight excluding hydrogens is 386 g/mol. The SMILES string of the molecule is CCN(CC)c1ccc(C=NNC(=O)c2ccc(OCc3ccc(C)cc3)cc2)cc1. The summed E-state index contributed by atoms with van der Waals surface area (Å²) < 4.78 is 5.78. The molecule has 0 radical (unpaired) electrons. The number of benzene rings is 3. The first-order chi connectivity index (χ1) is 15.1. The molecule has 3 aromatic carbocycles. The van der Waals surface area contributed by atoms with Crippen LogP contribution in [0.5, 0.6) is 5.75 Å². The van der Waals surface area contributed by atoms with E-state index in [0.717, 1.165) is 24.2 Å². The standard InChI is InChI=1S/C26H29N3O2/c1-4-29(5-2)24-14-10-21(11-15-24)18-27-28-26(30)23-12-16-25(17-13-23)31-19-22-8-6-20(3)7-9-22/h6-18H,4-5,19H2,1-3H3,(H,28,30). The van der Waals surface area contributed by atoms with Crippen LogP contribution in [0.25, 0.3) is 0 Å². The summed E-state index contributed by atoms with van der Waals surface area (Å²) in [6, 6.07) is 23.4. The van der Waals surface area contributed by atoms with Crippen LogP contribution in [0.1, 0.15) is 40.9 Å². The van der Waals surface area contributed by atoms with E-state index >= 15 is 0 Å². The van der Waals surface area contributed by atoms with Crippen LogP contribution in [-0.2, 0) is 6.61 Å².